The Morgan fingerprint density at radius 3 is 2.41 bits per heavy atom. The van der Waals surface area contributed by atoms with Crippen LogP contribution in [-0.2, 0) is 17.6 Å². The molecule has 1 heterocycles. The Hall–Kier alpha value is -2.95. The van der Waals surface area contributed by atoms with Crippen LogP contribution in [0.2, 0.25) is 0 Å². The van der Waals surface area contributed by atoms with Gasteiger partial charge in [0.25, 0.3) is 0 Å². The van der Waals surface area contributed by atoms with Crippen LogP contribution in [0.3, 0.4) is 0 Å². The largest absolute Gasteiger partial charge is 0.478 e. The van der Waals surface area contributed by atoms with Crippen LogP contribution < -0.4 is 0 Å². The van der Waals surface area contributed by atoms with Crippen LogP contribution in [0.15, 0.2) is 42.5 Å². The summed E-state index contributed by atoms with van der Waals surface area (Å²) in [5.41, 5.74) is 1.79. The lowest BCUT2D eigenvalue weighted by atomic mass is 9.94. The van der Waals surface area contributed by atoms with E-state index in [-0.39, 0.29) is 16.7 Å². The van der Waals surface area contributed by atoms with Crippen LogP contribution in [0.4, 0.5) is 0 Å². The van der Waals surface area contributed by atoms with E-state index in [9.17, 15) is 14.4 Å². The first-order valence-corrected chi connectivity index (χ1v) is 6.77. The highest BCUT2D eigenvalue weighted by Crippen LogP contribution is 2.27. The molecule has 22 heavy (non-hydrogen) atoms. The van der Waals surface area contributed by atoms with Gasteiger partial charge in [0.1, 0.15) is 0 Å². The minimum absolute atomic E-state index is 0.0199. The number of hydrogen-bond acceptors (Lipinski definition) is 4. The number of benzene rings is 2. The molecule has 0 aliphatic carbocycles. The summed E-state index contributed by atoms with van der Waals surface area (Å²) < 4.78 is 4.59. The Labute approximate surface area is 126 Å². The van der Waals surface area contributed by atoms with Crippen molar-refractivity contribution in [3.8, 4) is 0 Å². The Bertz CT molecular complexity index is 777. The molecular formula is C17H12O5. The zero-order valence-corrected chi connectivity index (χ0v) is 11.5. The second-order valence-corrected chi connectivity index (χ2v) is 5.03. The van der Waals surface area contributed by atoms with Gasteiger partial charge in [0.05, 0.1) is 16.7 Å². The highest BCUT2D eigenvalue weighted by molar-refractivity contribution is 6.16. The second-order valence-electron chi connectivity index (χ2n) is 5.03. The van der Waals surface area contributed by atoms with Gasteiger partial charge in [0, 0.05) is 0 Å². The Morgan fingerprint density at radius 1 is 1.00 bits per heavy atom. The number of aromatic carboxylic acids is 1. The SMILES string of the molecule is O=C(O)c1cc(CCc2ccccc2)c2c(c1)C(=O)OC2=O. The molecule has 1 aliphatic rings. The van der Waals surface area contributed by atoms with E-state index >= 15 is 0 Å². The second kappa shape index (κ2) is 5.44. The van der Waals surface area contributed by atoms with Gasteiger partial charge in [-0.15, -0.1) is 0 Å². The van der Waals surface area contributed by atoms with Crippen molar-refractivity contribution < 1.29 is 24.2 Å². The number of esters is 2. The van der Waals surface area contributed by atoms with Crippen molar-refractivity contribution in [2.24, 2.45) is 0 Å². The van der Waals surface area contributed by atoms with Crippen molar-refractivity contribution in [1.29, 1.82) is 0 Å². The maximum atomic E-state index is 11.8. The van der Waals surface area contributed by atoms with Crippen molar-refractivity contribution in [2.45, 2.75) is 12.8 Å². The van der Waals surface area contributed by atoms with Crippen LogP contribution in [0.1, 0.15) is 42.2 Å². The summed E-state index contributed by atoms with van der Waals surface area (Å²) >= 11 is 0. The summed E-state index contributed by atoms with van der Waals surface area (Å²) in [6.07, 6.45) is 1.09. The first kappa shape index (κ1) is 14.0. The summed E-state index contributed by atoms with van der Waals surface area (Å²) in [7, 11) is 0. The lowest BCUT2D eigenvalue weighted by molar-refractivity contribution is 0.0443. The number of fused-ring (bicyclic) bond motifs is 1. The van der Waals surface area contributed by atoms with E-state index in [0.29, 0.717) is 18.4 Å². The van der Waals surface area contributed by atoms with Gasteiger partial charge in [-0.3, -0.25) is 0 Å². The zero-order valence-electron chi connectivity index (χ0n) is 11.5. The molecule has 0 atom stereocenters. The first-order valence-electron chi connectivity index (χ1n) is 6.77. The predicted molar refractivity (Wildman–Crippen MR) is 77.0 cm³/mol. The highest BCUT2D eigenvalue weighted by atomic mass is 16.6. The molecule has 0 aromatic heterocycles. The highest BCUT2D eigenvalue weighted by Gasteiger charge is 2.33. The Morgan fingerprint density at radius 2 is 1.73 bits per heavy atom. The van der Waals surface area contributed by atoms with Crippen molar-refractivity contribution in [1.82, 2.24) is 0 Å². The molecule has 0 bridgehead atoms. The number of hydrogen-bond donors (Lipinski definition) is 1. The van der Waals surface area contributed by atoms with Crippen LogP contribution in [0.5, 0.6) is 0 Å². The molecule has 0 amide bonds. The van der Waals surface area contributed by atoms with E-state index in [1.54, 1.807) is 0 Å². The number of carboxylic acids is 1. The quantitative estimate of drug-likeness (QED) is 0.692. The maximum absolute atomic E-state index is 11.8. The van der Waals surface area contributed by atoms with Gasteiger partial charge >= 0.3 is 17.9 Å². The van der Waals surface area contributed by atoms with Gasteiger partial charge in [-0.05, 0) is 36.1 Å². The van der Waals surface area contributed by atoms with Crippen molar-refractivity contribution >= 4 is 17.9 Å². The molecule has 1 N–H and O–H groups in total. The smallest absolute Gasteiger partial charge is 0.347 e. The van der Waals surface area contributed by atoms with Crippen LogP contribution in [0.25, 0.3) is 0 Å². The normalized spacial score (nSPS) is 12.9. The standard InChI is InChI=1S/C17H12O5/c18-15(19)12-8-11(7-6-10-4-2-1-3-5-10)14-13(9-12)16(20)22-17(14)21/h1-5,8-9H,6-7H2,(H,18,19). The fourth-order valence-corrected chi connectivity index (χ4v) is 2.54. The molecule has 5 heteroatoms. The van der Waals surface area contributed by atoms with Crippen molar-refractivity contribution in [3.05, 3.63) is 70.3 Å². The fraction of sp³-hybridized carbons (Fsp3) is 0.118. The number of carbonyl (C=O) groups excluding carboxylic acids is 2. The number of cyclic esters (lactones) is 2. The van der Waals surface area contributed by atoms with Gasteiger partial charge in [0.15, 0.2) is 0 Å². The third kappa shape index (κ3) is 2.48. The van der Waals surface area contributed by atoms with Gasteiger partial charge in [0.2, 0.25) is 0 Å². The molecule has 1 aliphatic heterocycles. The van der Waals surface area contributed by atoms with E-state index in [2.05, 4.69) is 4.74 Å². The van der Waals surface area contributed by atoms with E-state index < -0.39 is 17.9 Å². The lowest BCUT2D eigenvalue weighted by Crippen LogP contribution is -2.06. The lowest BCUT2D eigenvalue weighted by Gasteiger charge is -2.07. The van der Waals surface area contributed by atoms with Crippen molar-refractivity contribution in [2.75, 3.05) is 0 Å². The van der Waals surface area contributed by atoms with Gasteiger partial charge < -0.3 is 9.84 Å². The summed E-state index contributed by atoms with van der Waals surface area (Å²) in [6.45, 7) is 0. The number of aryl methyl sites for hydroxylation is 2. The Balaban J connectivity index is 1.99. The number of rotatable bonds is 4. The molecule has 2 aromatic carbocycles. The Kier molecular flexibility index (Phi) is 3.47. The molecule has 0 spiro atoms. The van der Waals surface area contributed by atoms with Crippen LogP contribution in [0, 0.1) is 0 Å². The van der Waals surface area contributed by atoms with Gasteiger partial charge in [-0.25, -0.2) is 14.4 Å². The summed E-state index contributed by atoms with van der Waals surface area (Å²) in [6, 6.07) is 12.2. The van der Waals surface area contributed by atoms with Crippen molar-refractivity contribution in [3.63, 3.8) is 0 Å². The predicted octanol–water partition coefficient (Wildman–Crippen LogP) is 2.48. The van der Waals surface area contributed by atoms with E-state index in [1.807, 2.05) is 30.3 Å². The number of carbonyl (C=O) groups is 3. The molecule has 0 fully saturated rings. The minimum atomic E-state index is -1.14. The molecular weight excluding hydrogens is 284 g/mol. The van der Waals surface area contributed by atoms with Crippen LogP contribution in [-0.4, -0.2) is 23.0 Å². The molecule has 5 nitrogen and oxygen atoms in total. The summed E-state index contributed by atoms with van der Waals surface area (Å²) in [5.74, 6) is -2.64. The maximum Gasteiger partial charge on any atom is 0.347 e. The monoisotopic (exact) mass is 296 g/mol. The molecule has 0 radical (unpaired) electrons. The zero-order chi connectivity index (χ0) is 15.7. The molecule has 2 aromatic rings. The van der Waals surface area contributed by atoms with Gasteiger partial charge in [-0.1, -0.05) is 30.3 Å². The van der Waals surface area contributed by atoms with E-state index in [4.69, 9.17) is 5.11 Å². The molecule has 0 saturated heterocycles. The molecule has 110 valence electrons. The summed E-state index contributed by atoms with van der Waals surface area (Å²) in [4.78, 5) is 34.6. The first-order chi connectivity index (χ1) is 10.6. The molecule has 0 unspecified atom stereocenters. The number of ether oxygens (including phenoxy) is 1. The van der Waals surface area contributed by atoms with E-state index in [0.717, 1.165) is 5.56 Å². The third-order valence-corrected chi connectivity index (χ3v) is 3.60. The fourth-order valence-electron chi connectivity index (χ4n) is 2.54. The molecule has 3 rings (SSSR count). The topological polar surface area (TPSA) is 80.7 Å². The summed E-state index contributed by atoms with van der Waals surface area (Å²) in [5, 5.41) is 9.14. The average molecular weight is 296 g/mol. The molecule has 0 saturated carbocycles. The minimum Gasteiger partial charge on any atom is -0.478 e. The number of carboxylic acid groups (broad SMARTS) is 1. The van der Waals surface area contributed by atoms with Gasteiger partial charge in [-0.2, -0.15) is 0 Å². The van der Waals surface area contributed by atoms with Crippen LogP contribution >= 0.6 is 0 Å². The third-order valence-electron chi connectivity index (χ3n) is 3.60. The average Bonchev–Trinajstić information content (AvgIpc) is 2.80. The van der Waals surface area contributed by atoms with E-state index in [1.165, 1.54) is 12.1 Å².